The molecule has 3 rings (SSSR count). The molecule has 150 valence electrons. The summed E-state index contributed by atoms with van der Waals surface area (Å²) in [5, 5.41) is 11.7. The van der Waals surface area contributed by atoms with Gasteiger partial charge >= 0.3 is 6.03 Å². The van der Waals surface area contributed by atoms with Gasteiger partial charge in [0.15, 0.2) is 0 Å². The topological polar surface area (TPSA) is 91.5 Å². The maximum Gasteiger partial charge on any atom is 0.323 e. The standard InChI is InChI=1S/C20H24N4O3.ClH/c1-14(22-19(25)18-13-27-12-11-21-18)15-7-9-17(10-8-15)24-20(26)23-16-5-3-2-4-6-16;/h2-10,14,18,21H,11-13H2,1H3,(H,22,25)(H2,23,24,26);1H. The number of para-hydroxylation sites is 1. The number of benzene rings is 2. The van der Waals surface area contributed by atoms with Gasteiger partial charge in [-0.05, 0) is 36.8 Å². The van der Waals surface area contributed by atoms with Crippen LogP contribution in [0.5, 0.6) is 0 Å². The van der Waals surface area contributed by atoms with Gasteiger partial charge in [0, 0.05) is 17.9 Å². The number of rotatable bonds is 5. The molecule has 1 fully saturated rings. The van der Waals surface area contributed by atoms with Crippen molar-refractivity contribution < 1.29 is 14.3 Å². The van der Waals surface area contributed by atoms with Gasteiger partial charge in [-0.3, -0.25) is 4.79 Å². The lowest BCUT2D eigenvalue weighted by Crippen LogP contribution is -2.51. The van der Waals surface area contributed by atoms with Crippen LogP contribution in [0, 0.1) is 0 Å². The second kappa shape index (κ2) is 10.7. The van der Waals surface area contributed by atoms with Crippen molar-refractivity contribution in [2.75, 3.05) is 30.4 Å². The van der Waals surface area contributed by atoms with E-state index in [1.54, 1.807) is 0 Å². The third-order valence-corrected chi connectivity index (χ3v) is 4.30. The summed E-state index contributed by atoms with van der Waals surface area (Å²) >= 11 is 0. The minimum atomic E-state index is -0.316. The molecule has 28 heavy (non-hydrogen) atoms. The Morgan fingerprint density at radius 3 is 2.29 bits per heavy atom. The lowest BCUT2D eigenvalue weighted by Gasteiger charge is -2.25. The van der Waals surface area contributed by atoms with Crippen LogP contribution in [0.15, 0.2) is 54.6 Å². The Bertz CT molecular complexity index is 765. The van der Waals surface area contributed by atoms with Crippen LogP contribution in [-0.2, 0) is 9.53 Å². The normalized spacial score (nSPS) is 17.0. The van der Waals surface area contributed by atoms with E-state index in [9.17, 15) is 9.59 Å². The first kappa shape index (κ1) is 21.7. The highest BCUT2D eigenvalue weighted by Crippen LogP contribution is 2.17. The summed E-state index contributed by atoms with van der Waals surface area (Å²) in [7, 11) is 0. The number of morpholine rings is 1. The highest BCUT2D eigenvalue weighted by molar-refractivity contribution is 5.99. The molecule has 1 heterocycles. The predicted octanol–water partition coefficient (Wildman–Crippen LogP) is 2.92. The molecule has 2 aromatic carbocycles. The third-order valence-electron chi connectivity index (χ3n) is 4.30. The van der Waals surface area contributed by atoms with Gasteiger partial charge < -0.3 is 26.0 Å². The summed E-state index contributed by atoms with van der Waals surface area (Å²) in [6, 6.07) is 15.9. The van der Waals surface area contributed by atoms with E-state index < -0.39 is 0 Å². The minimum absolute atomic E-state index is 0. The van der Waals surface area contributed by atoms with Crippen LogP contribution in [-0.4, -0.2) is 37.7 Å². The Hall–Kier alpha value is -2.61. The molecule has 2 unspecified atom stereocenters. The van der Waals surface area contributed by atoms with Crippen LogP contribution in [0.4, 0.5) is 16.2 Å². The van der Waals surface area contributed by atoms with Crippen LogP contribution >= 0.6 is 12.4 Å². The van der Waals surface area contributed by atoms with Crippen LogP contribution < -0.4 is 21.3 Å². The minimum Gasteiger partial charge on any atom is -0.378 e. The number of hydrogen-bond donors (Lipinski definition) is 4. The van der Waals surface area contributed by atoms with Gasteiger partial charge in [0.1, 0.15) is 6.04 Å². The molecule has 0 aliphatic carbocycles. The van der Waals surface area contributed by atoms with Gasteiger partial charge in [-0.1, -0.05) is 30.3 Å². The molecule has 1 aliphatic rings. The highest BCUT2D eigenvalue weighted by atomic mass is 35.5. The van der Waals surface area contributed by atoms with E-state index in [1.165, 1.54) is 0 Å². The number of carbonyl (C=O) groups excluding carboxylic acids is 2. The quantitative estimate of drug-likeness (QED) is 0.616. The number of carbonyl (C=O) groups is 2. The van der Waals surface area contributed by atoms with Gasteiger partial charge in [0.05, 0.1) is 19.3 Å². The molecule has 7 nitrogen and oxygen atoms in total. The third kappa shape index (κ3) is 6.23. The number of anilines is 2. The summed E-state index contributed by atoms with van der Waals surface area (Å²) in [6.07, 6.45) is 0. The van der Waals surface area contributed by atoms with Crippen molar-refractivity contribution in [1.29, 1.82) is 0 Å². The second-order valence-corrected chi connectivity index (χ2v) is 6.38. The molecule has 0 spiro atoms. The Morgan fingerprint density at radius 1 is 1.04 bits per heavy atom. The first-order valence-electron chi connectivity index (χ1n) is 8.96. The zero-order valence-electron chi connectivity index (χ0n) is 15.6. The molecule has 2 aromatic rings. The largest absolute Gasteiger partial charge is 0.378 e. The molecule has 1 saturated heterocycles. The zero-order chi connectivity index (χ0) is 19.1. The number of amides is 3. The van der Waals surface area contributed by atoms with Crippen molar-refractivity contribution in [3.63, 3.8) is 0 Å². The highest BCUT2D eigenvalue weighted by Gasteiger charge is 2.22. The summed E-state index contributed by atoms with van der Waals surface area (Å²) < 4.78 is 5.32. The van der Waals surface area contributed by atoms with Crippen LogP contribution in [0.3, 0.4) is 0 Å². The first-order chi connectivity index (χ1) is 13.1. The van der Waals surface area contributed by atoms with E-state index in [-0.39, 0.29) is 36.4 Å². The molecule has 0 bridgehead atoms. The number of hydrogen-bond acceptors (Lipinski definition) is 4. The molecule has 4 N–H and O–H groups in total. The van der Waals surface area contributed by atoms with E-state index in [0.717, 1.165) is 11.3 Å². The van der Waals surface area contributed by atoms with E-state index in [4.69, 9.17) is 4.74 Å². The van der Waals surface area contributed by atoms with Crippen molar-refractivity contribution in [2.24, 2.45) is 0 Å². The van der Waals surface area contributed by atoms with Crippen molar-refractivity contribution >= 4 is 35.7 Å². The Labute approximate surface area is 170 Å². The molecule has 3 amide bonds. The SMILES string of the molecule is CC(NC(=O)C1COCCN1)c1ccc(NC(=O)Nc2ccccc2)cc1.Cl. The molecule has 0 saturated carbocycles. The van der Waals surface area contributed by atoms with Gasteiger partial charge in [-0.2, -0.15) is 0 Å². The molecular formula is C20H25ClN4O3. The fraction of sp³-hybridized carbons (Fsp3) is 0.300. The second-order valence-electron chi connectivity index (χ2n) is 6.38. The van der Waals surface area contributed by atoms with Gasteiger partial charge in [0.2, 0.25) is 5.91 Å². The van der Waals surface area contributed by atoms with E-state index in [2.05, 4.69) is 21.3 Å². The fourth-order valence-electron chi connectivity index (χ4n) is 2.80. The van der Waals surface area contributed by atoms with Crippen LogP contribution in [0.1, 0.15) is 18.5 Å². The maximum absolute atomic E-state index is 12.2. The average molecular weight is 405 g/mol. The van der Waals surface area contributed by atoms with Crippen LogP contribution in [0.2, 0.25) is 0 Å². The van der Waals surface area contributed by atoms with Gasteiger partial charge in [0.25, 0.3) is 0 Å². The molecule has 1 aliphatic heterocycles. The van der Waals surface area contributed by atoms with E-state index >= 15 is 0 Å². The summed E-state index contributed by atoms with van der Waals surface area (Å²) in [6.45, 7) is 3.62. The lowest BCUT2D eigenvalue weighted by atomic mass is 10.1. The number of urea groups is 1. The number of halogens is 1. The van der Waals surface area contributed by atoms with Crippen molar-refractivity contribution in [3.8, 4) is 0 Å². The average Bonchev–Trinajstić information content (AvgIpc) is 2.70. The summed E-state index contributed by atoms with van der Waals surface area (Å²) in [4.78, 5) is 24.3. The van der Waals surface area contributed by atoms with Crippen molar-refractivity contribution in [2.45, 2.75) is 19.0 Å². The zero-order valence-corrected chi connectivity index (χ0v) is 16.4. The van der Waals surface area contributed by atoms with E-state index in [1.807, 2.05) is 61.5 Å². The predicted molar refractivity (Wildman–Crippen MR) is 112 cm³/mol. The maximum atomic E-state index is 12.2. The Balaban J connectivity index is 0.00000280. The Kier molecular flexibility index (Phi) is 8.25. The van der Waals surface area contributed by atoms with Crippen molar-refractivity contribution in [3.05, 3.63) is 60.2 Å². The lowest BCUT2D eigenvalue weighted by molar-refractivity contribution is -0.126. The molecule has 2 atom stereocenters. The van der Waals surface area contributed by atoms with Crippen molar-refractivity contribution in [1.82, 2.24) is 10.6 Å². The smallest absolute Gasteiger partial charge is 0.323 e. The Morgan fingerprint density at radius 2 is 1.68 bits per heavy atom. The molecule has 0 aromatic heterocycles. The number of ether oxygens (including phenoxy) is 1. The summed E-state index contributed by atoms with van der Waals surface area (Å²) in [5.41, 5.74) is 2.35. The summed E-state index contributed by atoms with van der Waals surface area (Å²) in [5.74, 6) is -0.0772. The molecular weight excluding hydrogens is 380 g/mol. The number of nitrogens with one attached hydrogen (secondary N) is 4. The van der Waals surface area contributed by atoms with Gasteiger partial charge in [-0.25, -0.2) is 4.79 Å². The fourth-order valence-corrected chi connectivity index (χ4v) is 2.80. The van der Waals surface area contributed by atoms with Crippen LogP contribution in [0.25, 0.3) is 0 Å². The first-order valence-corrected chi connectivity index (χ1v) is 8.96. The molecule has 0 radical (unpaired) electrons. The molecule has 8 heteroatoms. The monoisotopic (exact) mass is 404 g/mol. The van der Waals surface area contributed by atoms with Gasteiger partial charge in [-0.15, -0.1) is 12.4 Å². The van der Waals surface area contributed by atoms with E-state index in [0.29, 0.717) is 25.4 Å².